The standard InChI is InChI=1S/C18H23N3O3/c1-20-10-14(13-4-2-3-5-16(13)20)18(22)19-15-11-24-12-17(15)21-6-8-23-9-7-21/h2-5,10,15,17H,6-9,11-12H2,1H3,(H,19,22)/t15-,17-/m0/s1. The molecule has 0 radical (unpaired) electrons. The number of carbonyl (C=O) groups excluding carboxylic acids is 1. The molecule has 0 bridgehead atoms. The van der Waals surface area contributed by atoms with E-state index in [1.807, 2.05) is 42.1 Å². The molecule has 24 heavy (non-hydrogen) atoms. The monoisotopic (exact) mass is 329 g/mol. The summed E-state index contributed by atoms with van der Waals surface area (Å²) in [7, 11) is 1.97. The Labute approximate surface area is 141 Å². The zero-order valence-electron chi connectivity index (χ0n) is 13.9. The molecule has 2 atom stereocenters. The van der Waals surface area contributed by atoms with Crippen LogP contribution in [0.3, 0.4) is 0 Å². The van der Waals surface area contributed by atoms with Crippen LogP contribution in [-0.4, -0.2) is 67.0 Å². The third-order valence-electron chi connectivity index (χ3n) is 5.02. The van der Waals surface area contributed by atoms with Crippen LogP contribution in [0.25, 0.3) is 10.9 Å². The summed E-state index contributed by atoms with van der Waals surface area (Å²) in [6.07, 6.45) is 1.90. The second kappa shape index (κ2) is 6.55. The molecule has 0 spiro atoms. The van der Waals surface area contributed by atoms with Crippen LogP contribution in [0.4, 0.5) is 0 Å². The first-order chi connectivity index (χ1) is 11.7. The van der Waals surface area contributed by atoms with Crippen molar-refractivity contribution in [2.24, 2.45) is 7.05 Å². The summed E-state index contributed by atoms with van der Waals surface area (Å²) >= 11 is 0. The van der Waals surface area contributed by atoms with E-state index in [1.54, 1.807) is 0 Å². The van der Waals surface area contributed by atoms with Gasteiger partial charge in [0.15, 0.2) is 0 Å². The third-order valence-corrected chi connectivity index (χ3v) is 5.02. The predicted molar refractivity (Wildman–Crippen MR) is 91.2 cm³/mol. The molecule has 1 N–H and O–H groups in total. The molecular formula is C18H23N3O3. The zero-order chi connectivity index (χ0) is 16.5. The molecular weight excluding hydrogens is 306 g/mol. The Kier molecular flexibility index (Phi) is 4.26. The van der Waals surface area contributed by atoms with Gasteiger partial charge >= 0.3 is 0 Å². The Balaban J connectivity index is 1.52. The minimum atomic E-state index is -0.0273. The van der Waals surface area contributed by atoms with E-state index in [4.69, 9.17) is 9.47 Å². The van der Waals surface area contributed by atoms with Crippen LogP contribution in [0.1, 0.15) is 10.4 Å². The molecule has 3 heterocycles. The van der Waals surface area contributed by atoms with E-state index in [0.717, 1.165) is 42.8 Å². The molecule has 6 nitrogen and oxygen atoms in total. The fourth-order valence-electron chi connectivity index (χ4n) is 3.72. The Bertz CT molecular complexity index is 736. The first kappa shape index (κ1) is 15.6. The number of para-hydroxylation sites is 1. The van der Waals surface area contributed by atoms with E-state index in [9.17, 15) is 4.79 Å². The Morgan fingerprint density at radius 1 is 1.17 bits per heavy atom. The number of ether oxygens (including phenoxy) is 2. The lowest BCUT2D eigenvalue weighted by Crippen LogP contribution is -2.54. The van der Waals surface area contributed by atoms with Crippen molar-refractivity contribution in [3.63, 3.8) is 0 Å². The van der Waals surface area contributed by atoms with Crippen molar-refractivity contribution in [1.82, 2.24) is 14.8 Å². The number of carbonyl (C=O) groups is 1. The van der Waals surface area contributed by atoms with Gasteiger partial charge in [-0.2, -0.15) is 0 Å². The summed E-state index contributed by atoms with van der Waals surface area (Å²) in [4.78, 5) is 15.2. The average molecular weight is 329 g/mol. The van der Waals surface area contributed by atoms with Gasteiger partial charge in [0.2, 0.25) is 0 Å². The lowest BCUT2D eigenvalue weighted by atomic mass is 10.1. The van der Waals surface area contributed by atoms with Crippen molar-refractivity contribution in [3.8, 4) is 0 Å². The highest BCUT2D eigenvalue weighted by Crippen LogP contribution is 2.21. The molecule has 2 fully saturated rings. The molecule has 1 amide bonds. The van der Waals surface area contributed by atoms with Gasteiger partial charge < -0.3 is 19.4 Å². The van der Waals surface area contributed by atoms with Crippen molar-refractivity contribution >= 4 is 16.8 Å². The minimum Gasteiger partial charge on any atom is -0.379 e. The van der Waals surface area contributed by atoms with E-state index >= 15 is 0 Å². The summed E-state index contributed by atoms with van der Waals surface area (Å²) in [6, 6.07) is 8.23. The highest BCUT2D eigenvalue weighted by atomic mass is 16.5. The molecule has 128 valence electrons. The average Bonchev–Trinajstić information content (AvgIpc) is 3.21. The van der Waals surface area contributed by atoms with E-state index in [1.165, 1.54) is 0 Å². The molecule has 2 aromatic rings. The highest BCUT2D eigenvalue weighted by Gasteiger charge is 2.35. The molecule has 6 heteroatoms. The number of morpholine rings is 1. The normalized spacial score (nSPS) is 25.2. The van der Waals surface area contributed by atoms with Crippen molar-refractivity contribution in [1.29, 1.82) is 0 Å². The van der Waals surface area contributed by atoms with Crippen LogP contribution in [0.5, 0.6) is 0 Å². The molecule has 2 aliphatic rings. The van der Waals surface area contributed by atoms with Crippen LogP contribution in [0.2, 0.25) is 0 Å². The number of aryl methyl sites for hydroxylation is 1. The van der Waals surface area contributed by atoms with Crippen LogP contribution >= 0.6 is 0 Å². The van der Waals surface area contributed by atoms with Crippen molar-refractivity contribution < 1.29 is 14.3 Å². The van der Waals surface area contributed by atoms with Gasteiger partial charge in [-0.25, -0.2) is 0 Å². The lowest BCUT2D eigenvalue weighted by molar-refractivity contribution is 0.0108. The van der Waals surface area contributed by atoms with Gasteiger partial charge in [-0.05, 0) is 6.07 Å². The van der Waals surface area contributed by atoms with Crippen molar-refractivity contribution in [2.45, 2.75) is 12.1 Å². The topological polar surface area (TPSA) is 55.7 Å². The fourth-order valence-corrected chi connectivity index (χ4v) is 3.72. The minimum absolute atomic E-state index is 0.0227. The number of hydrogen-bond acceptors (Lipinski definition) is 4. The number of rotatable bonds is 3. The van der Waals surface area contributed by atoms with E-state index in [0.29, 0.717) is 13.2 Å². The van der Waals surface area contributed by atoms with Crippen LogP contribution in [0.15, 0.2) is 30.5 Å². The quantitative estimate of drug-likeness (QED) is 0.913. The zero-order valence-corrected chi connectivity index (χ0v) is 13.9. The SMILES string of the molecule is Cn1cc(C(=O)N[C@H]2COC[C@@H]2N2CCOCC2)c2ccccc21. The van der Waals surface area contributed by atoms with Gasteiger partial charge in [-0.15, -0.1) is 0 Å². The Morgan fingerprint density at radius 2 is 1.96 bits per heavy atom. The summed E-state index contributed by atoms with van der Waals surface area (Å²) < 4.78 is 13.1. The van der Waals surface area contributed by atoms with E-state index in [2.05, 4.69) is 10.2 Å². The summed E-state index contributed by atoms with van der Waals surface area (Å²) in [5.41, 5.74) is 1.79. The second-order valence-corrected chi connectivity index (χ2v) is 6.50. The summed E-state index contributed by atoms with van der Waals surface area (Å²) in [5.74, 6) is -0.0273. The van der Waals surface area contributed by atoms with E-state index in [-0.39, 0.29) is 18.0 Å². The van der Waals surface area contributed by atoms with Gasteiger partial charge in [0.1, 0.15) is 0 Å². The molecule has 0 saturated carbocycles. The summed E-state index contributed by atoms with van der Waals surface area (Å²) in [6.45, 7) is 4.53. The number of amides is 1. The lowest BCUT2D eigenvalue weighted by Gasteiger charge is -2.34. The number of aromatic nitrogens is 1. The first-order valence-corrected chi connectivity index (χ1v) is 8.48. The molecule has 1 aromatic carbocycles. The van der Waals surface area contributed by atoms with Gasteiger partial charge in [-0.3, -0.25) is 9.69 Å². The van der Waals surface area contributed by atoms with Crippen molar-refractivity contribution in [2.75, 3.05) is 39.5 Å². The molecule has 2 aliphatic heterocycles. The number of benzene rings is 1. The van der Waals surface area contributed by atoms with Crippen molar-refractivity contribution in [3.05, 3.63) is 36.0 Å². The van der Waals surface area contributed by atoms with Gasteiger partial charge in [0, 0.05) is 37.2 Å². The highest BCUT2D eigenvalue weighted by molar-refractivity contribution is 6.07. The Hall–Kier alpha value is -1.89. The van der Waals surface area contributed by atoms with Gasteiger partial charge in [0.25, 0.3) is 5.91 Å². The smallest absolute Gasteiger partial charge is 0.253 e. The predicted octanol–water partition coefficient (Wildman–Crippen LogP) is 1.01. The van der Waals surface area contributed by atoms with Crippen LogP contribution < -0.4 is 5.32 Å². The fraction of sp³-hybridized carbons (Fsp3) is 0.500. The third kappa shape index (κ3) is 2.81. The molecule has 2 saturated heterocycles. The van der Waals surface area contributed by atoms with E-state index < -0.39 is 0 Å². The maximum Gasteiger partial charge on any atom is 0.253 e. The second-order valence-electron chi connectivity index (χ2n) is 6.50. The number of nitrogens with zero attached hydrogens (tertiary/aromatic N) is 2. The molecule has 0 aliphatic carbocycles. The van der Waals surface area contributed by atoms with Gasteiger partial charge in [0.05, 0.1) is 44.1 Å². The Morgan fingerprint density at radius 3 is 2.79 bits per heavy atom. The molecule has 0 unspecified atom stereocenters. The molecule has 4 rings (SSSR count). The number of hydrogen-bond donors (Lipinski definition) is 1. The van der Waals surface area contributed by atoms with Gasteiger partial charge in [-0.1, -0.05) is 18.2 Å². The number of fused-ring (bicyclic) bond motifs is 1. The summed E-state index contributed by atoms with van der Waals surface area (Å²) in [5, 5.41) is 4.17. The number of nitrogens with one attached hydrogen (secondary N) is 1. The first-order valence-electron chi connectivity index (χ1n) is 8.48. The molecule has 1 aromatic heterocycles. The maximum absolute atomic E-state index is 12.8. The largest absolute Gasteiger partial charge is 0.379 e. The van der Waals surface area contributed by atoms with Crippen LogP contribution in [0, 0.1) is 0 Å². The van der Waals surface area contributed by atoms with Crippen LogP contribution in [-0.2, 0) is 16.5 Å². The maximum atomic E-state index is 12.8.